The lowest BCUT2D eigenvalue weighted by Gasteiger charge is -2.22. The summed E-state index contributed by atoms with van der Waals surface area (Å²) in [6.45, 7) is 2.09. The van der Waals surface area contributed by atoms with Crippen LogP contribution in [0.15, 0.2) is 42.5 Å². The molecule has 2 heterocycles. The molecule has 1 amide bonds. The molecule has 5 heteroatoms. The highest BCUT2D eigenvalue weighted by Gasteiger charge is 2.30. The molecule has 1 saturated heterocycles. The van der Waals surface area contributed by atoms with Gasteiger partial charge in [0, 0.05) is 29.1 Å². The second-order valence-corrected chi connectivity index (χ2v) is 8.11. The van der Waals surface area contributed by atoms with Crippen LogP contribution in [-0.2, 0) is 4.79 Å². The number of carbonyl (C=O) groups is 1. The fourth-order valence-electron chi connectivity index (χ4n) is 4.35. The number of phenolic OH excluding ortho intramolecular Hbond substituents is 1. The molecule has 0 spiro atoms. The van der Waals surface area contributed by atoms with Crippen LogP contribution in [0.2, 0.25) is 0 Å². The lowest BCUT2D eigenvalue weighted by Crippen LogP contribution is -2.30. The third-order valence-corrected chi connectivity index (χ3v) is 6.08. The maximum atomic E-state index is 12.4. The molecular weight excluding hydrogens is 364 g/mol. The van der Waals surface area contributed by atoms with Gasteiger partial charge in [0.25, 0.3) is 0 Å². The van der Waals surface area contributed by atoms with E-state index in [1.807, 2.05) is 17.0 Å². The Morgan fingerprint density at radius 1 is 1.10 bits per heavy atom. The fourth-order valence-corrected chi connectivity index (χ4v) is 4.35. The van der Waals surface area contributed by atoms with Gasteiger partial charge in [0.1, 0.15) is 0 Å². The van der Waals surface area contributed by atoms with Gasteiger partial charge in [0.05, 0.1) is 18.3 Å². The van der Waals surface area contributed by atoms with Crippen molar-refractivity contribution >= 4 is 22.5 Å². The molecule has 1 aliphatic heterocycles. The summed E-state index contributed by atoms with van der Waals surface area (Å²) >= 11 is 0. The van der Waals surface area contributed by atoms with Crippen LogP contribution in [0.25, 0.3) is 22.2 Å². The lowest BCUT2D eigenvalue weighted by atomic mass is 10.00. The summed E-state index contributed by atoms with van der Waals surface area (Å²) in [7, 11) is 1.54. The number of hydrogen-bond donors (Lipinski definition) is 1. The van der Waals surface area contributed by atoms with Gasteiger partial charge in [0.2, 0.25) is 5.91 Å². The SMILES string of the molecule is COc1ccc(-c2cc(C3CC3)c3ccc(N4C(=O)CCC4C)cc3n2)cc1O. The number of aromatic hydroxyl groups is 1. The number of rotatable bonds is 4. The standard InChI is InChI=1S/C24H24N2O3/c1-14-3-10-24(28)26(14)17-7-8-18-19(15-4-5-15)13-20(25-21(18)12-17)16-6-9-23(29-2)22(27)11-16/h6-9,11-15,27H,3-5,10H2,1-2H3. The Balaban J connectivity index is 1.65. The van der Waals surface area contributed by atoms with Crippen LogP contribution in [-0.4, -0.2) is 29.1 Å². The molecule has 1 aromatic heterocycles. The van der Waals surface area contributed by atoms with E-state index >= 15 is 0 Å². The molecule has 0 bridgehead atoms. The topological polar surface area (TPSA) is 62.7 Å². The zero-order chi connectivity index (χ0) is 20.1. The van der Waals surface area contributed by atoms with Gasteiger partial charge in [-0.2, -0.15) is 0 Å². The monoisotopic (exact) mass is 388 g/mol. The molecule has 1 N–H and O–H groups in total. The number of anilines is 1. The minimum atomic E-state index is 0.102. The van der Waals surface area contributed by atoms with E-state index in [2.05, 4.69) is 25.1 Å². The first kappa shape index (κ1) is 18.0. The second kappa shape index (κ2) is 6.76. The number of nitrogens with zero attached hydrogens (tertiary/aromatic N) is 2. The number of methoxy groups -OCH3 is 1. The number of ether oxygens (including phenoxy) is 1. The lowest BCUT2D eigenvalue weighted by molar-refractivity contribution is -0.117. The summed E-state index contributed by atoms with van der Waals surface area (Å²) in [4.78, 5) is 19.2. The minimum Gasteiger partial charge on any atom is -0.504 e. The Morgan fingerprint density at radius 2 is 1.93 bits per heavy atom. The molecular formula is C24H24N2O3. The summed E-state index contributed by atoms with van der Waals surface area (Å²) in [6, 6.07) is 13.9. The Kier molecular flexibility index (Phi) is 4.19. The Hall–Kier alpha value is -3.08. The molecule has 2 aliphatic rings. The van der Waals surface area contributed by atoms with Crippen molar-refractivity contribution in [2.75, 3.05) is 12.0 Å². The van der Waals surface area contributed by atoms with Crippen LogP contribution in [0.1, 0.15) is 44.1 Å². The van der Waals surface area contributed by atoms with Crippen molar-refractivity contribution in [2.24, 2.45) is 0 Å². The van der Waals surface area contributed by atoms with E-state index in [4.69, 9.17) is 9.72 Å². The first-order valence-electron chi connectivity index (χ1n) is 10.2. The number of hydrogen-bond acceptors (Lipinski definition) is 4. The highest BCUT2D eigenvalue weighted by Crippen LogP contribution is 2.45. The predicted octanol–water partition coefficient (Wildman–Crippen LogP) is 5.01. The number of benzene rings is 2. The summed E-state index contributed by atoms with van der Waals surface area (Å²) in [6.07, 6.45) is 3.87. The smallest absolute Gasteiger partial charge is 0.227 e. The molecule has 29 heavy (non-hydrogen) atoms. The predicted molar refractivity (Wildman–Crippen MR) is 114 cm³/mol. The number of carbonyl (C=O) groups excluding carboxylic acids is 1. The Labute approximate surface area is 169 Å². The van der Waals surface area contributed by atoms with E-state index in [1.54, 1.807) is 12.1 Å². The van der Waals surface area contributed by atoms with Crippen LogP contribution in [0.5, 0.6) is 11.5 Å². The van der Waals surface area contributed by atoms with Gasteiger partial charge >= 0.3 is 0 Å². The van der Waals surface area contributed by atoms with Crippen LogP contribution < -0.4 is 9.64 Å². The van der Waals surface area contributed by atoms with Gasteiger partial charge in [-0.1, -0.05) is 6.07 Å². The van der Waals surface area contributed by atoms with Crippen molar-refractivity contribution in [3.05, 3.63) is 48.0 Å². The zero-order valence-electron chi connectivity index (χ0n) is 16.7. The zero-order valence-corrected chi connectivity index (χ0v) is 16.7. The summed E-state index contributed by atoms with van der Waals surface area (Å²) in [5.41, 5.74) is 4.78. The Morgan fingerprint density at radius 3 is 2.59 bits per heavy atom. The molecule has 3 aromatic rings. The van der Waals surface area contributed by atoms with Crippen molar-refractivity contribution in [1.29, 1.82) is 0 Å². The molecule has 0 radical (unpaired) electrons. The van der Waals surface area contributed by atoms with E-state index in [-0.39, 0.29) is 17.7 Å². The van der Waals surface area contributed by atoms with E-state index < -0.39 is 0 Å². The normalized spacial score (nSPS) is 19.2. The number of aromatic nitrogens is 1. The third-order valence-electron chi connectivity index (χ3n) is 6.08. The molecule has 5 rings (SSSR count). The minimum absolute atomic E-state index is 0.102. The van der Waals surface area contributed by atoms with E-state index in [1.165, 1.54) is 25.5 Å². The molecule has 2 aromatic carbocycles. The Bertz CT molecular complexity index is 1120. The van der Waals surface area contributed by atoms with Gasteiger partial charge in [-0.3, -0.25) is 4.79 Å². The maximum Gasteiger partial charge on any atom is 0.227 e. The van der Waals surface area contributed by atoms with Crippen LogP contribution in [0, 0.1) is 0 Å². The highest BCUT2D eigenvalue weighted by atomic mass is 16.5. The summed E-state index contributed by atoms with van der Waals surface area (Å²) < 4.78 is 5.16. The quantitative estimate of drug-likeness (QED) is 0.682. The first-order valence-corrected chi connectivity index (χ1v) is 10.2. The van der Waals surface area contributed by atoms with Crippen molar-refractivity contribution in [3.63, 3.8) is 0 Å². The van der Waals surface area contributed by atoms with Gasteiger partial charge < -0.3 is 14.7 Å². The average molecular weight is 388 g/mol. The van der Waals surface area contributed by atoms with Crippen molar-refractivity contribution in [1.82, 2.24) is 4.98 Å². The second-order valence-electron chi connectivity index (χ2n) is 8.11. The number of amides is 1. The van der Waals surface area contributed by atoms with Gasteiger partial charge in [-0.15, -0.1) is 0 Å². The van der Waals surface area contributed by atoms with Crippen LogP contribution >= 0.6 is 0 Å². The first-order chi connectivity index (χ1) is 14.0. The molecule has 2 fully saturated rings. The summed E-state index contributed by atoms with van der Waals surface area (Å²) in [5, 5.41) is 11.4. The fraction of sp³-hybridized carbons (Fsp3) is 0.333. The number of phenols is 1. The third kappa shape index (κ3) is 3.11. The van der Waals surface area contributed by atoms with Crippen LogP contribution in [0.3, 0.4) is 0 Å². The van der Waals surface area contributed by atoms with E-state index in [0.29, 0.717) is 18.1 Å². The van der Waals surface area contributed by atoms with Crippen molar-refractivity contribution < 1.29 is 14.6 Å². The summed E-state index contributed by atoms with van der Waals surface area (Å²) in [5.74, 6) is 1.28. The van der Waals surface area contributed by atoms with Crippen molar-refractivity contribution in [2.45, 2.75) is 44.6 Å². The van der Waals surface area contributed by atoms with Gasteiger partial charge in [0.15, 0.2) is 11.5 Å². The molecule has 148 valence electrons. The molecule has 5 nitrogen and oxygen atoms in total. The van der Waals surface area contributed by atoms with E-state index in [9.17, 15) is 9.90 Å². The van der Waals surface area contributed by atoms with Crippen LogP contribution in [0.4, 0.5) is 5.69 Å². The number of pyridine rings is 1. The van der Waals surface area contributed by atoms with Gasteiger partial charge in [-0.05, 0) is 74.1 Å². The van der Waals surface area contributed by atoms with E-state index in [0.717, 1.165) is 34.3 Å². The van der Waals surface area contributed by atoms with Gasteiger partial charge in [-0.25, -0.2) is 4.98 Å². The molecule has 1 saturated carbocycles. The molecule has 1 unspecified atom stereocenters. The number of fused-ring (bicyclic) bond motifs is 1. The molecule has 1 atom stereocenters. The highest BCUT2D eigenvalue weighted by molar-refractivity contribution is 5.98. The average Bonchev–Trinajstić information content (AvgIpc) is 3.51. The maximum absolute atomic E-state index is 12.4. The molecule has 1 aliphatic carbocycles. The van der Waals surface area contributed by atoms with Crippen molar-refractivity contribution in [3.8, 4) is 22.8 Å². The largest absolute Gasteiger partial charge is 0.504 e.